The van der Waals surface area contributed by atoms with Gasteiger partial charge in [0.2, 0.25) is 10.0 Å². The zero-order valence-electron chi connectivity index (χ0n) is 30.2. The Hall–Kier alpha value is -2.98. The minimum absolute atomic E-state index is 0.0285. The number of carbonyl (C=O) groups is 1. The molecule has 2 aromatic heterocycles. The summed E-state index contributed by atoms with van der Waals surface area (Å²) in [5.41, 5.74) is 3.66. The number of ether oxygens (including phenoxy) is 1. The lowest BCUT2D eigenvalue weighted by Gasteiger charge is -2.21. The molecule has 0 spiro atoms. The first-order valence-electron chi connectivity index (χ1n) is 18.4. The maximum absolute atomic E-state index is 13.3. The minimum Gasteiger partial charge on any atom is -0.448 e. The number of aryl methyl sites for hydroxylation is 2. The normalized spacial score (nSPS) is 12.5. The highest BCUT2D eigenvalue weighted by Gasteiger charge is 2.23. The van der Waals surface area contributed by atoms with Crippen LogP contribution in [0.15, 0.2) is 41.4 Å². The fourth-order valence-corrected chi connectivity index (χ4v) is 7.38. The van der Waals surface area contributed by atoms with E-state index in [4.69, 9.17) is 4.74 Å². The van der Waals surface area contributed by atoms with Gasteiger partial charge >= 0.3 is 6.09 Å². The maximum atomic E-state index is 13.3. The highest BCUT2D eigenvalue weighted by atomic mass is 32.2. The van der Waals surface area contributed by atoms with Crippen molar-refractivity contribution in [3.8, 4) is 0 Å². The van der Waals surface area contributed by atoms with Gasteiger partial charge in [0, 0.05) is 26.2 Å². The van der Waals surface area contributed by atoms with Crippen molar-refractivity contribution < 1.29 is 17.9 Å². The number of amides is 1. The Balaban J connectivity index is 1.35. The Bertz CT molecular complexity index is 1470. The van der Waals surface area contributed by atoms with Crippen LogP contribution in [0.25, 0.3) is 11.0 Å². The number of nitrogens with one attached hydrogen (secondary N) is 2. The summed E-state index contributed by atoms with van der Waals surface area (Å²) >= 11 is 0. The number of imidazole rings is 1. The lowest BCUT2D eigenvalue weighted by molar-refractivity contribution is 0.133. The van der Waals surface area contributed by atoms with Crippen molar-refractivity contribution in [2.75, 3.05) is 13.2 Å². The van der Waals surface area contributed by atoms with Gasteiger partial charge in [-0.05, 0) is 49.4 Å². The Morgan fingerprint density at radius 3 is 2.04 bits per heavy atom. The highest BCUT2D eigenvalue weighted by Crippen LogP contribution is 2.21. The lowest BCUT2D eigenvalue weighted by atomic mass is 10.0. The first-order chi connectivity index (χ1) is 23.1. The number of fused-ring (bicyclic) bond motifs is 1. The van der Waals surface area contributed by atoms with Gasteiger partial charge in [0.15, 0.2) is 0 Å². The fraction of sp³-hybridized carbons (Fsp3) is 0.658. The molecule has 0 saturated heterocycles. The van der Waals surface area contributed by atoms with Crippen LogP contribution in [0, 0.1) is 12.8 Å². The summed E-state index contributed by atoms with van der Waals surface area (Å²) in [5.74, 6) is 1.13. The van der Waals surface area contributed by atoms with Crippen LogP contribution in [0.4, 0.5) is 4.79 Å². The van der Waals surface area contributed by atoms with E-state index >= 15 is 0 Å². The van der Waals surface area contributed by atoms with Gasteiger partial charge in [-0.15, -0.1) is 0 Å². The summed E-state index contributed by atoms with van der Waals surface area (Å²) in [6, 6.07) is 8.25. The van der Waals surface area contributed by atoms with Crippen molar-refractivity contribution in [3.05, 3.63) is 53.6 Å². The van der Waals surface area contributed by atoms with Gasteiger partial charge in [0.25, 0.3) is 0 Å². The summed E-state index contributed by atoms with van der Waals surface area (Å²) in [5, 5.41) is 2.82. The number of alkyl carbamates (subject to hydrolysis) is 1. The third kappa shape index (κ3) is 13.9. The molecule has 0 bridgehead atoms. The molecular weight excluding hydrogens is 623 g/mol. The third-order valence-corrected chi connectivity index (χ3v) is 10.5. The zero-order valence-corrected chi connectivity index (χ0v) is 31.0. The molecule has 0 aliphatic carbocycles. The molecule has 1 atom stereocenters. The molecule has 48 heavy (non-hydrogen) atoms. The summed E-state index contributed by atoms with van der Waals surface area (Å²) in [6.45, 7) is 8.79. The average molecular weight is 684 g/mol. The zero-order chi connectivity index (χ0) is 34.8. The molecule has 3 aromatic rings. The quantitative estimate of drug-likeness (QED) is 0.0913. The largest absolute Gasteiger partial charge is 0.448 e. The number of hydrogen-bond acceptors (Lipinski definition) is 6. The summed E-state index contributed by atoms with van der Waals surface area (Å²) in [7, 11) is -1.84. The molecular formula is C38H61N5O4S. The predicted octanol–water partition coefficient (Wildman–Crippen LogP) is 8.77. The molecule has 268 valence electrons. The van der Waals surface area contributed by atoms with E-state index in [1.54, 1.807) is 18.3 Å². The molecule has 1 amide bonds. The van der Waals surface area contributed by atoms with Crippen molar-refractivity contribution >= 4 is 27.1 Å². The van der Waals surface area contributed by atoms with Crippen molar-refractivity contribution in [3.63, 3.8) is 0 Å². The van der Waals surface area contributed by atoms with Crippen LogP contribution in [0.5, 0.6) is 0 Å². The predicted molar refractivity (Wildman–Crippen MR) is 196 cm³/mol. The number of sulfonamides is 1. The number of pyridine rings is 1. The van der Waals surface area contributed by atoms with Crippen molar-refractivity contribution in [2.24, 2.45) is 13.0 Å². The lowest BCUT2D eigenvalue weighted by Crippen LogP contribution is -2.40. The second-order valence-corrected chi connectivity index (χ2v) is 15.4. The van der Waals surface area contributed by atoms with Crippen LogP contribution in [-0.2, 0) is 28.2 Å². The van der Waals surface area contributed by atoms with Crippen LogP contribution in [0.1, 0.15) is 134 Å². The number of carbonyl (C=O) groups excluding carboxylic acids is 1. The molecule has 0 unspecified atom stereocenters. The van der Waals surface area contributed by atoms with E-state index in [2.05, 4.69) is 26.9 Å². The third-order valence-electron chi connectivity index (χ3n) is 9.00. The second-order valence-electron chi connectivity index (χ2n) is 13.7. The number of rotatable bonds is 24. The molecule has 9 nitrogen and oxygen atoms in total. The molecule has 2 N–H and O–H groups in total. The Labute approximate surface area is 290 Å². The minimum atomic E-state index is -3.82. The molecule has 0 aliphatic heterocycles. The molecule has 10 heteroatoms. The number of unbranched alkanes of at least 4 members (excludes halogenated alkanes) is 13. The molecule has 3 rings (SSSR count). The van der Waals surface area contributed by atoms with E-state index in [1.165, 1.54) is 77.0 Å². The van der Waals surface area contributed by atoms with Crippen molar-refractivity contribution in [1.82, 2.24) is 24.6 Å². The van der Waals surface area contributed by atoms with Crippen LogP contribution in [0.2, 0.25) is 0 Å². The van der Waals surface area contributed by atoms with Crippen LogP contribution >= 0.6 is 0 Å². The molecule has 0 saturated carbocycles. The van der Waals surface area contributed by atoms with Gasteiger partial charge in [-0.2, -0.15) is 0 Å². The monoisotopic (exact) mass is 683 g/mol. The molecule has 0 radical (unpaired) electrons. The Kier molecular flexibility index (Phi) is 17.4. The van der Waals surface area contributed by atoms with Crippen LogP contribution in [0.3, 0.4) is 0 Å². The van der Waals surface area contributed by atoms with Crippen molar-refractivity contribution in [2.45, 2.75) is 141 Å². The SMILES string of the molecule is CCCCCCCCCCCCCCCCNC(=O)OC[C@H](CC(C)C)NS(=O)(=O)c1ccc(Cc2nccc3c2nc(C)n3C)cc1. The molecule has 0 aliphatic rings. The van der Waals surface area contributed by atoms with Gasteiger partial charge in [0.1, 0.15) is 17.9 Å². The van der Waals surface area contributed by atoms with Gasteiger partial charge in [0.05, 0.1) is 22.1 Å². The summed E-state index contributed by atoms with van der Waals surface area (Å²) in [6.07, 6.45) is 20.4. The standard InChI is InChI=1S/C38H61N5O4S/c1-6-7-8-9-10-11-12-13-14-15-16-17-18-19-25-40-38(44)47-29-33(27-30(2)3)42-48(45,46)34-22-20-32(21-23-34)28-35-37-36(24-26-39-35)43(5)31(4)41-37/h20-24,26,30,33,42H,6-19,25,27-29H2,1-5H3,(H,40,44)/t33-/m0/s1. The van der Waals surface area contributed by atoms with Crippen molar-refractivity contribution in [1.29, 1.82) is 0 Å². The van der Waals surface area contributed by atoms with E-state index in [9.17, 15) is 13.2 Å². The first-order valence-corrected chi connectivity index (χ1v) is 19.9. The smallest absolute Gasteiger partial charge is 0.407 e. The maximum Gasteiger partial charge on any atom is 0.407 e. The fourth-order valence-electron chi connectivity index (χ4n) is 6.14. The molecule has 0 fully saturated rings. The summed E-state index contributed by atoms with van der Waals surface area (Å²) < 4.78 is 36.8. The first kappa shape index (κ1) is 39.5. The Morgan fingerprint density at radius 1 is 0.875 bits per heavy atom. The highest BCUT2D eigenvalue weighted by molar-refractivity contribution is 7.89. The van der Waals surface area contributed by atoms with Gasteiger partial charge < -0.3 is 14.6 Å². The van der Waals surface area contributed by atoms with Gasteiger partial charge in [-0.3, -0.25) is 4.98 Å². The van der Waals surface area contributed by atoms with Crippen LogP contribution < -0.4 is 10.0 Å². The number of aromatic nitrogens is 3. The molecule has 2 heterocycles. The second kappa shape index (κ2) is 21.2. The number of hydrogen-bond donors (Lipinski definition) is 2. The number of nitrogens with zero attached hydrogens (tertiary/aromatic N) is 3. The molecule has 1 aromatic carbocycles. The van der Waals surface area contributed by atoms with E-state index in [1.807, 2.05) is 50.6 Å². The van der Waals surface area contributed by atoms with E-state index < -0.39 is 22.2 Å². The average Bonchev–Trinajstić information content (AvgIpc) is 3.35. The summed E-state index contributed by atoms with van der Waals surface area (Å²) in [4.78, 5) is 21.7. The van der Waals surface area contributed by atoms with Gasteiger partial charge in [-0.1, -0.05) is 116 Å². The van der Waals surface area contributed by atoms with Crippen LogP contribution in [-0.4, -0.2) is 48.2 Å². The topological polar surface area (TPSA) is 115 Å². The van der Waals surface area contributed by atoms with Gasteiger partial charge in [-0.25, -0.2) is 22.9 Å². The number of benzene rings is 1. The van der Waals surface area contributed by atoms with E-state index in [-0.39, 0.29) is 17.4 Å². The van der Waals surface area contributed by atoms with E-state index in [0.717, 1.165) is 41.0 Å². The van der Waals surface area contributed by atoms with E-state index in [0.29, 0.717) is 19.4 Å². The Morgan fingerprint density at radius 2 is 1.46 bits per heavy atom.